The van der Waals surface area contributed by atoms with E-state index in [1.54, 1.807) is 0 Å². The predicted octanol–water partition coefficient (Wildman–Crippen LogP) is 3.60. The van der Waals surface area contributed by atoms with Crippen molar-refractivity contribution < 1.29 is 14.0 Å². The molecule has 0 radical (unpaired) electrons. The minimum absolute atomic E-state index is 0.0554. The third-order valence-electron chi connectivity index (χ3n) is 2.60. The summed E-state index contributed by atoms with van der Waals surface area (Å²) in [6.07, 6.45) is 4.04. The average molecular weight is 260 g/mol. The fourth-order valence-corrected chi connectivity index (χ4v) is 2.24. The topological polar surface area (TPSA) is 35.5 Å². The Labute approximate surface area is 107 Å². The van der Waals surface area contributed by atoms with Gasteiger partial charge in [0.25, 0.3) is 0 Å². The zero-order valence-electron chi connectivity index (χ0n) is 12.0. The maximum absolute atomic E-state index is 11.7. The van der Waals surface area contributed by atoms with Crippen molar-refractivity contribution in [3.8, 4) is 0 Å². The van der Waals surface area contributed by atoms with Crippen LogP contribution in [0.3, 0.4) is 0 Å². The smallest absolute Gasteiger partial charge is 0.308 e. The van der Waals surface area contributed by atoms with Crippen molar-refractivity contribution in [3.05, 3.63) is 0 Å². The van der Waals surface area contributed by atoms with Crippen molar-refractivity contribution in [2.75, 3.05) is 13.2 Å². The normalized spacial score (nSPS) is 13.5. The minimum atomic E-state index is -1.48. The Balaban J connectivity index is 3.75. The van der Waals surface area contributed by atoms with Gasteiger partial charge in [-0.25, -0.2) is 0 Å². The molecule has 0 aromatic rings. The maximum Gasteiger partial charge on any atom is 0.308 e. The van der Waals surface area contributed by atoms with Crippen LogP contribution in [0.4, 0.5) is 0 Å². The second kappa shape index (κ2) is 8.70. The van der Waals surface area contributed by atoms with E-state index >= 15 is 0 Å². The Morgan fingerprint density at radius 3 is 2.29 bits per heavy atom. The number of carbonyl (C=O) groups excluding carboxylic acids is 1. The zero-order valence-corrected chi connectivity index (χ0v) is 13.0. The molecule has 0 aliphatic heterocycles. The molecule has 4 heteroatoms. The van der Waals surface area contributed by atoms with Gasteiger partial charge in [-0.1, -0.05) is 26.7 Å². The molecule has 3 nitrogen and oxygen atoms in total. The molecule has 0 saturated heterocycles. The van der Waals surface area contributed by atoms with Crippen LogP contribution in [0.25, 0.3) is 0 Å². The van der Waals surface area contributed by atoms with Crippen molar-refractivity contribution in [3.63, 3.8) is 0 Å². The predicted molar refractivity (Wildman–Crippen MR) is 73.6 cm³/mol. The molecule has 0 spiro atoms. The largest absolute Gasteiger partial charge is 0.463 e. The van der Waals surface area contributed by atoms with Crippen molar-refractivity contribution >= 4 is 14.3 Å². The quantitative estimate of drug-likeness (QED) is 0.361. The van der Waals surface area contributed by atoms with Crippen LogP contribution in [0.5, 0.6) is 0 Å². The lowest BCUT2D eigenvalue weighted by Gasteiger charge is -2.18. The van der Waals surface area contributed by atoms with Gasteiger partial charge in [-0.3, -0.25) is 4.79 Å². The van der Waals surface area contributed by atoms with E-state index in [4.69, 9.17) is 9.16 Å². The summed E-state index contributed by atoms with van der Waals surface area (Å²) in [6.45, 7) is 11.5. The molecule has 0 heterocycles. The van der Waals surface area contributed by atoms with Crippen LogP contribution in [-0.4, -0.2) is 27.5 Å². The van der Waals surface area contributed by atoms with Gasteiger partial charge in [-0.15, -0.1) is 0 Å². The van der Waals surface area contributed by atoms with Gasteiger partial charge in [0.1, 0.15) is 6.61 Å². The van der Waals surface area contributed by atoms with E-state index in [0.29, 0.717) is 13.2 Å². The molecule has 1 atom stereocenters. The molecule has 1 unspecified atom stereocenters. The zero-order chi connectivity index (χ0) is 13.3. The van der Waals surface area contributed by atoms with Gasteiger partial charge < -0.3 is 9.16 Å². The third kappa shape index (κ3) is 9.36. The second-order valence-corrected chi connectivity index (χ2v) is 9.89. The van der Waals surface area contributed by atoms with Crippen LogP contribution in [0.15, 0.2) is 0 Å². The summed E-state index contributed by atoms with van der Waals surface area (Å²) in [4.78, 5) is 11.7. The molecule has 0 aromatic heterocycles. The number of unbranched alkanes of at least 4 members (excludes halogenated alkanes) is 1. The van der Waals surface area contributed by atoms with E-state index in [1.165, 1.54) is 0 Å². The summed E-state index contributed by atoms with van der Waals surface area (Å²) in [6, 6.07) is 0. The third-order valence-corrected chi connectivity index (χ3v) is 3.67. The number of hydrogen-bond donors (Lipinski definition) is 0. The molecule has 0 fully saturated rings. The number of ether oxygens (including phenoxy) is 1. The first-order valence-corrected chi connectivity index (χ1v) is 10.1. The Kier molecular flexibility index (Phi) is 8.52. The lowest BCUT2D eigenvalue weighted by atomic mass is 10.00. The molecule has 0 aromatic carbocycles. The van der Waals surface area contributed by atoms with Gasteiger partial charge in [-0.2, -0.15) is 0 Å². The molecule has 0 N–H and O–H groups in total. The van der Waals surface area contributed by atoms with Crippen LogP contribution < -0.4 is 0 Å². The molecule has 0 amide bonds. The van der Waals surface area contributed by atoms with Gasteiger partial charge in [0, 0.05) is 0 Å². The molecule has 0 aliphatic carbocycles. The molecule has 0 rings (SSSR count). The summed E-state index contributed by atoms with van der Waals surface area (Å²) in [5.74, 6) is 0.0157. The highest BCUT2D eigenvalue weighted by molar-refractivity contribution is 6.69. The Morgan fingerprint density at radius 1 is 1.18 bits per heavy atom. The SMILES string of the molecule is CCCCC(CC)C(=O)OCCO[Si](C)(C)C. The van der Waals surface area contributed by atoms with Gasteiger partial charge in [0.05, 0.1) is 12.5 Å². The lowest BCUT2D eigenvalue weighted by molar-refractivity contribution is -0.149. The van der Waals surface area contributed by atoms with E-state index in [0.717, 1.165) is 25.7 Å². The molecule has 0 bridgehead atoms. The van der Waals surface area contributed by atoms with Crippen LogP contribution >= 0.6 is 0 Å². The summed E-state index contributed by atoms with van der Waals surface area (Å²) < 4.78 is 10.9. The first-order chi connectivity index (χ1) is 7.90. The molecule has 0 saturated carbocycles. The highest BCUT2D eigenvalue weighted by Crippen LogP contribution is 2.14. The summed E-state index contributed by atoms with van der Waals surface area (Å²) in [7, 11) is -1.48. The number of hydrogen-bond acceptors (Lipinski definition) is 3. The van der Waals surface area contributed by atoms with Crippen LogP contribution in [-0.2, 0) is 14.0 Å². The van der Waals surface area contributed by atoms with E-state index < -0.39 is 8.32 Å². The Bertz CT molecular complexity index is 211. The molecule has 17 heavy (non-hydrogen) atoms. The van der Waals surface area contributed by atoms with Crippen LogP contribution in [0.1, 0.15) is 39.5 Å². The average Bonchev–Trinajstić information content (AvgIpc) is 2.24. The van der Waals surface area contributed by atoms with Gasteiger partial charge in [0.15, 0.2) is 8.32 Å². The van der Waals surface area contributed by atoms with E-state index in [-0.39, 0.29) is 11.9 Å². The van der Waals surface area contributed by atoms with Crippen molar-refractivity contribution in [1.82, 2.24) is 0 Å². The van der Waals surface area contributed by atoms with Gasteiger partial charge in [-0.05, 0) is 32.5 Å². The van der Waals surface area contributed by atoms with E-state index in [1.807, 2.05) is 6.92 Å². The number of carbonyl (C=O) groups is 1. The molecular formula is C13H28O3Si. The number of rotatable bonds is 9. The summed E-state index contributed by atoms with van der Waals surface area (Å²) in [5, 5.41) is 0. The van der Waals surface area contributed by atoms with Gasteiger partial charge >= 0.3 is 5.97 Å². The summed E-state index contributed by atoms with van der Waals surface area (Å²) >= 11 is 0. The fourth-order valence-electron chi connectivity index (χ4n) is 1.55. The highest BCUT2D eigenvalue weighted by atomic mass is 28.4. The molecule has 0 aliphatic rings. The van der Waals surface area contributed by atoms with E-state index in [2.05, 4.69) is 26.6 Å². The first kappa shape index (κ1) is 16.6. The highest BCUT2D eigenvalue weighted by Gasteiger charge is 2.18. The van der Waals surface area contributed by atoms with Gasteiger partial charge in [0.2, 0.25) is 0 Å². The van der Waals surface area contributed by atoms with Crippen molar-refractivity contribution in [1.29, 1.82) is 0 Å². The standard InChI is InChI=1S/C13H28O3Si/c1-6-8-9-12(7-2)13(14)15-10-11-16-17(3,4)5/h12H,6-11H2,1-5H3. The fraction of sp³-hybridized carbons (Fsp3) is 0.923. The van der Waals surface area contributed by atoms with Crippen LogP contribution in [0.2, 0.25) is 19.6 Å². The van der Waals surface area contributed by atoms with Crippen LogP contribution in [0, 0.1) is 5.92 Å². The minimum Gasteiger partial charge on any atom is -0.463 e. The monoisotopic (exact) mass is 260 g/mol. The Morgan fingerprint density at radius 2 is 1.82 bits per heavy atom. The second-order valence-electron chi connectivity index (χ2n) is 5.38. The number of esters is 1. The maximum atomic E-state index is 11.7. The lowest BCUT2D eigenvalue weighted by Crippen LogP contribution is -2.28. The Hall–Kier alpha value is -0.353. The van der Waals surface area contributed by atoms with Crippen molar-refractivity contribution in [2.45, 2.75) is 59.2 Å². The molecular weight excluding hydrogens is 232 g/mol. The first-order valence-electron chi connectivity index (χ1n) is 6.71. The molecule has 102 valence electrons. The van der Waals surface area contributed by atoms with E-state index in [9.17, 15) is 4.79 Å². The summed E-state index contributed by atoms with van der Waals surface area (Å²) in [5.41, 5.74) is 0. The van der Waals surface area contributed by atoms with Crippen molar-refractivity contribution in [2.24, 2.45) is 5.92 Å².